The van der Waals surface area contributed by atoms with Crippen LogP contribution in [0.25, 0.3) is 0 Å². The lowest BCUT2D eigenvalue weighted by atomic mass is 10.2. The molecule has 1 heterocycles. The Morgan fingerprint density at radius 1 is 1.75 bits per heavy atom. The third-order valence-electron chi connectivity index (χ3n) is 1.23. The maximum Gasteiger partial charge on any atom is 0.116 e. The fraction of sp³-hybridized carbons (Fsp3) is 0.429. The molecule has 1 heteroatoms. The molecule has 0 saturated heterocycles. The van der Waals surface area contributed by atoms with Crippen molar-refractivity contribution < 1.29 is 4.74 Å². The first-order valence-corrected chi connectivity index (χ1v) is 2.86. The van der Waals surface area contributed by atoms with Gasteiger partial charge < -0.3 is 4.74 Å². The molecule has 0 spiro atoms. The zero-order valence-electron chi connectivity index (χ0n) is 4.84. The number of allylic oxidation sites excluding steroid dienone is 1. The smallest absolute Gasteiger partial charge is 0.116 e. The molecular formula is C7H10O. The molecule has 1 unspecified atom stereocenters. The molecule has 0 N–H and O–H groups in total. The Bertz CT molecular complexity index is 105. The number of rotatable bonds is 1. The Morgan fingerprint density at radius 2 is 2.62 bits per heavy atom. The summed E-state index contributed by atoms with van der Waals surface area (Å²) >= 11 is 0. The summed E-state index contributed by atoms with van der Waals surface area (Å²) in [6.07, 6.45) is 8.08. The predicted molar refractivity (Wildman–Crippen MR) is 33.4 cm³/mol. The van der Waals surface area contributed by atoms with Crippen LogP contribution in [-0.4, -0.2) is 6.10 Å². The van der Waals surface area contributed by atoms with Gasteiger partial charge in [-0.1, -0.05) is 12.7 Å². The molecule has 0 radical (unpaired) electrons. The van der Waals surface area contributed by atoms with Crippen LogP contribution < -0.4 is 0 Å². The quantitative estimate of drug-likeness (QED) is 0.468. The van der Waals surface area contributed by atoms with E-state index in [2.05, 4.69) is 6.58 Å². The van der Waals surface area contributed by atoms with Crippen LogP contribution in [-0.2, 0) is 4.74 Å². The topological polar surface area (TPSA) is 9.23 Å². The van der Waals surface area contributed by atoms with E-state index in [1.54, 1.807) is 6.26 Å². The van der Waals surface area contributed by atoms with E-state index in [4.69, 9.17) is 4.74 Å². The van der Waals surface area contributed by atoms with Crippen molar-refractivity contribution in [2.45, 2.75) is 18.9 Å². The van der Waals surface area contributed by atoms with Gasteiger partial charge in [0.1, 0.15) is 6.10 Å². The highest BCUT2D eigenvalue weighted by Gasteiger charge is 2.03. The molecule has 1 rings (SSSR count). The predicted octanol–water partition coefficient (Wildman–Crippen LogP) is 1.87. The van der Waals surface area contributed by atoms with Gasteiger partial charge in [-0.3, -0.25) is 0 Å². The average molecular weight is 110 g/mol. The minimum Gasteiger partial charge on any atom is -0.494 e. The molecule has 1 aliphatic rings. The van der Waals surface area contributed by atoms with Crippen molar-refractivity contribution in [3.63, 3.8) is 0 Å². The van der Waals surface area contributed by atoms with Crippen molar-refractivity contribution in [2.75, 3.05) is 0 Å². The van der Waals surface area contributed by atoms with E-state index in [-0.39, 0.29) is 6.10 Å². The molecule has 0 aromatic carbocycles. The first-order chi connectivity index (χ1) is 3.93. The molecule has 0 bridgehead atoms. The van der Waals surface area contributed by atoms with Crippen LogP contribution in [0, 0.1) is 0 Å². The lowest BCUT2D eigenvalue weighted by Gasteiger charge is -2.14. The second-order valence-corrected chi connectivity index (χ2v) is 1.86. The standard InChI is InChI=1S/C7H10O/c1-2-7-5-3-4-6-8-7/h2,4,6-7H,1,3,5H2. The maximum atomic E-state index is 5.13. The maximum absolute atomic E-state index is 5.13. The first kappa shape index (κ1) is 5.42. The summed E-state index contributed by atoms with van der Waals surface area (Å²) in [5.41, 5.74) is 0. The lowest BCUT2D eigenvalue weighted by molar-refractivity contribution is 0.165. The van der Waals surface area contributed by atoms with E-state index >= 15 is 0 Å². The lowest BCUT2D eigenvalue weighted by Crippen LogP contribution is -2.07. The summed E-state index contributed by atoms with van der Waals surface area (Å²) in [6, 6.07) is 0. The molecular weight excluding hydrogens is 100 g/mol. The van der Waals surface area contributed by atoms with Crippen molar-refractivity contribution in [2.24, 2.45) is 0 Å². The van der Waals surface area contributed by atoms with Crippen molar-refractivity contribution in [1.82, 2.24) is 0 Å². The van der Waals surface area contributed by atoms with Gasteiger partial charge in [0.25, 0.3) is 0 Å². The Kier molecular flexibility index (Phi) is 1.73. The fourth-order valence-electron chi connectivity index (χ4n) is 0.726. The van der Waals surface area contributed by atoms with Gasteiger partial charge in [0.15, 0.2) is 0 Å². The van der Waals surface area contributed by atoms with Crippen LogP contribution in [0.2, 0.25) is 0 Å². The third-order valence-corrected chi connectivity index (χ3v) is 1.23. The van der Waals surface area contributed by atoms with E-state index in [0.717, 1.165) is 12.8 Å². The number of hydrogen-bond acceptors (Lipinski definition) is 1. The molecule has 44 valence electrons. The van der Waals surface area contributed by atoms with E-state index in [1.807, 2.05) is 12.2 Å². The van der Waals surface area contributed by atoms with Crippen LogP contribution in [0.15, 0.2) is 25.0 Å². The van der Waals surface area contributed by atoms with E-state index < -0.39 is 0 Å². The molecule has 0 amide bonds. The van der Waals surface area contributed by atoms with Gasteiger partial charge in [-0.25, -0.2) is 0 Å². The zero-order valence-corrected chi connectivity index (χ0v) is 4.84. The molecule has 0 saturated carbocycles. The van der Waals surface area contributed by atoms with Crippen LogP contribution in [0.3, 0.4) is 0 Å². The SMILES string of the molecule is C=CC1CCC=CO1. The second-order valence-electron chi connectivity index (χ2n) is 1.86. The zero-order chi connectivity index (χ0) is 5.82. The Balaban J connectivity index is 2.37. The molecule has 8 heavy (non-hydrogen) atoms. The van der Waals surface area contributed by atoms with Crippen molar-refractivity contribution in [1.29, 1.82) is 0 Å². The highest BCUT2D eigenvalue weighted by atomic mass is 16.5. The van der Waals surface area contributed by atoms with Crippen LogP contribution in [0.1, 0.15) is 12.8 Å². The molecule has 1 aliphatic heterocycles. The molecule has 1 atom stereocenters. The molecule has 0 aromatic heterocycles. The van der Waals surface area contributed by atoms with Gasteiger partial charge >= 0.3 is 0 Å². The molecule has 0 aliphatic carbocycles. The summed E-state index contributed by atoms with van der Waals surface area (Å²) in [6.45, 7) is 3.63. The van der Waals surface area contributed by atoms with Crippen molar-refractivity contribution in [3.8, 4) is 0 Å². The minimum absolute atomic E-state index is 0.264. The summed E-state index contributed by atoms with van der Waals surface area (Å²) in [5, 5.41) is 0. The van der Waals surface area contributed by atoms with Crippen LogP contribution in [0.4, 0.5) is 0 Å². The first-order valence-electron chi connectivity index (χ1n) is 2.86. The van der Waals surface area contributed by atoms with Gasteiger partial charge in [0.2, 0.25) is 0 Å². The number of hydrogen-bond donors (Lipinski definition) is 0. The summed E-state index contributed by atoms with van der Waals surface area (Å²) < 4.78 is 5.13. The molecule has 0 fully saturated rings. The van der Waals surface area contributed by atoms with Crippen LogP contribution >= 0.6 is 0 Å². The molecule has 0 aromatic rings. The summed E-state index contributed by atoms with van der Waals surface area (Å²) in [7, 11) is 0. The summed E-state index contributed by atoms with van der Waals surface area (Å²) in [5.74, 6) is 0. The van der Waals surface area contributed by atoms with E-state index in [0.29, 0.717) is 0 Å². The summed E-state index contributed by atoms with van der Waals surface area (Å²) in [4.78, 5) is 0. The highest BCUT2D eigenvalue weighted by molar-refractivity contribution is 4.90. The fourth-order valence-corrected chi connectivity index (χ4v) is 0.726. The van der Waals surface area contributed by atoms with Gasteiger partial charge in [0, 0.05) is 0 Å². The van der Waals surface area contributed by atoms with Gasteiger partial charge in [-0.2, -0.15) is 0 Å². The Hall–Kier alpha value is -0.720. The highest BCUT2D eigenvalue weighted by Crippen LogP contribution is 2.09. The normalized spacial score (nSPS) is 26.8. The van der Waals surface area contributed by atoms with E-state index in [9.17, 15) is 0 Å². The van der Waals surface area contributed by atoms with Gasteiger partial charge in [-0.05, 0) is 18.9 Å². The monoisotopic (exact) mass is 110 g/mol. The van der Waals surface area contributed by atoms with Crippen LogP contribution in [0.5, 0.6) is 0 Å². The average Bonchev–Trinajstić information content (AvgIpc) is 1.90. The minimum atomic E-state index is 0.264. The Labute approximate surface area is 49.7 Å². The molecule has 1 nitrogen and oxygen atoms in total. The van der Waals surface area contributed by atoms with Crippen molar-refractivity contribution in [3.05, 3.63) is 25.0 Å². The Morgan fingerprint density at radius 3 is 3.00 bits per heavy atom. The van der Waals surface area contributed by atoms with Gasteiger partial charge in [0.05, 0.1) is 6.26 Å². The second kappa shape index (κ2) is 2.55. The van der Waals surface area contributed by atoms with Gasteiger partial charge in [-0.15, -0.1) is 0 Å². The van der Waals surface area contributed by atoms with Crippen molar-refractivity contribution >= 4 is 0 Å². The third kappa shape index (κ3) is 1.12. The van der Waals surface area contributed by atoms with E-state index in [1.165, 1.54) is 0 Å². The largest absolute Gasteiger partial charge is 0.494 e. The number of ether oxygens (including phenoxy) is 1.